The summed E-state index contributed by atoms with van der Waals surface area (Å²) in [6, 6.07) is 44.6. The highest BCUT2D eigenvalue weighted by atomic mass is 31.2. The first-order chi connectivity index (χ1) is 16.1. The summed E-state index contributed by atoms with van der Waals surface area (Å²) in [4.78, 5) is 9.00. The molecule has 0 atom stereocenters. The van der Waals surface area contributed by atoms with Gasteiger partial charge in [0.25, 0.3) is 5.97 Å². The summed E-state index contributed by atoms with van der Waals surface area (Å²) in [5.41, 5.74) is 0. The van der Waals surface area contributed by atoms with Crippen molar-refractivity contribution < 1.29 is 9.90 Å². The minimum Gasteiger partial charge on any atom is -0.481 e. The van der Waals surface area contributed by atoms with E-state index in [1.54, 1.807) is 0 Å². The summed E-state index contributed by atoms with van der Waals surface area (Å²) in [6.45, 7) is 3.45. The van der Waals surface area contributed by atoms with Crippen LogP contribution in [0.5, 0.6) is 0 Å². The highest BCUT2D eigenvalue weighted by molar-refractivity contribution is 7.89. The molecular weight excluding hydrogens is 442 g/mol. The van der Waals surface area contributed by atoms with Crippen molar-refractivity contribution in [3.8, 4) is 0 Å². The van der Waals surface area contributed by atoms with Gasteiger partial charge in [0.1, 0.15) is 0 Å². The van der Waals surface area contributed by atoms with E-state index >= 15 is 0 Å². The van der Waals surface area contributed by atoms with Gasteiger partial charge in [0, 0.05) is 12.3 Å². The zero-order chi connectivity index (χ0) is 23.5. The van der Waals surface area contributed by atoms with Crippen LogP contribution >= 0.6 is 15.8 Å². The molecule has 0 radical (unpaired) electrons. The van der Waals surface area contributed by atoms with E-state index < -0.39 is 21.8 Å². The average molecular weight is 473 g/mol. The fourth-order valence-electron chi connectivity index (χ4n) is 3.82. The Balaban J connectivity index is 0.000000709. The predicted octanol–water partition coefficient (Wildman–Crippen LogP) is 6.08. The van der Waals surface area contributed by atoms with Gasteiger partial charge < -0.3 is 5.11 Å². The average Bonchev–Trinajstić information content (AvgIpc) is 2.86. The Labute approximate surface area is 199 Å². The van der Waals surface area contributed by atoms with Crippen LogP contribution in [-0.2, 0) is 4.79 Å². The van der Waals surface area contributed by atoms with E-state index in [9.17, 15) is 0 Å². The maximum atomic E-state index is 9.00. The Hall–Kier alpha value is -2.79. The molecule has 0 spiro atoms. The van der Waals surface area contributed by atoms with Crippen LogP contribution in [0.15, 0.2) is 121 Å². The second kappa shape index (κ2) is 13.0. The number of hydrogen-bond acceptors (Lipinski definition) is 1. The number of aliphatic carboxylic acids is 1. The van der Waals surface area contributed by atoms with E-state index in [2.05, 4.69) is 128 Å². The van der Waals surface area contributed by atoms with E-state index in [0.29, 0.717) is 5.40 Å². The zero-order valence-corrected chi connectivity index (χ0v) is 20.9. The molecule has 0 heterocycles. The normalized spacial score (nSPS) is 10.7. The van der Waals surface area contributed by atoms with Crippen LogP contribution in [0.3, 0.4) is 0 Å². The third-order valence-corrected chi connectivity index (χ3v) is 11.8. The van der Waals surface area contributed by atoms with Crippen LogP contribution in [0.2, 0.25) is 0 Å². The number of carboxylic acids is 1. The minimum absolute atomic E-state index is 0.472. The Morgan fingerprint density at radius 3 is 1.00 bits per heavy atom. The van der Waals surface area contributed by atoms with Gasteiger partial charge in [0.15, 0.2) is 0 Å². The summed E-state index contributed by atoms with van der Waals surface area (Å²) in [5, 5.41) is 13.9. The van der Waals surface area contributed by atoms with Crippen LogP contribution in [-0.4, -0.2) is 16.5 Å². The van der Waals surface area contributed by atoms with Gasteiger partial charge in [-0.15, -0.1) is 0 Å². The maximum absolute atomic E-state index is 9.00. The first kappa shape index (κ1) is 24.8. The summed E-state index contributed by atoms with van der Waals surface area (Å²) >= 11 is 0. The molecule has 4 rings (SSSR count). The van der Waals surface area contributed by atoms with E-state index in [1.807, 2.05) is 0 Å². The van der Waals surface area contributed by atoms with Crippen LogP contribution < -0.4 is 21.2 Å². The molecule has 0 aliphatic rings. The highest BCUT2D eigenvalue weighted by Crippen LogP contribution is 2.57. The number of rotatable bonds is 7. The molecular formula is C29H30O2P2. The lowest BCUT2D eigenvalue weighted by molar-refractivity contribution is -0.134. The molecule has 0 fully saturated rings. The van der Waals surface area contributed by atoms with Crippen molar-refractivity contribution in [2.75, 3.05) is 0 Å². The van der Waals surface area contributed by atoms with E-state index in [1.165, 1.54) is 21.2 Å². The summed E-state index contributed by atoms with van der Waals surface area (Å²) in [5.74, 6) is -0.833. The molecule has 0 aromatic heterocycles. The largest absolute Gasteiger partial charge is 0.481 e. The summed E-state index contributed by atoms with van der Waals surface area (Å²) in [7, 11) is -0.944. The molecule has 0 saturated heterocycles. The van der Waals surface area contributed by atoms with Crippen molar-refractivity contribution in [3.63, 3.8) is 0 Å². The SMILES string of the molecule is CC(=O)O.CCC(P(c1ccccc1)c1ccccc1)P(c1ccccc1)c1ccccc1. The molecule has 4 aromatic rings. The van der Waals surface area contributed by atoms with Crippen molar-refractivity contribution in [1.82, 2.24) is 0 Å². The van der Waals surface area contributed by atoms with Gasteiger partial charge in [-0.2, -0.15) is 0 Å². The van der Waals surface area contributed by atoms with Gasteiger partial charge in [-0.05, 0) is 43.5 Å². The maximum Gasteiger partial charge on any atom is 0.300 e. The van der Waals surface area contributed by atoms with Gasteiger partial charge >= 0.3 is 0 Å². The minimum atomic E-state index is -0.833. The summed E-state index contributed by atoms with van der Waals surface area (Å²) < 4.78 is 0. The lowest BCUT2D eigenvalue weighted by atomic mass is 10.4. The fraction of sp³-hybridized carbons (Fsp3) is 0.138. The van der Waals surface area contributed by atoms with E-state index in [4.69, 9.17) is 9.90 Å². The van der Waals surface area contributed by atoms with Crippen LogP contribution in [0.1, 0.15) is 20.3 Å². The van der Waals surface area contributed by atoms with E-state index in [0.717, 1.165) is 13.3 Å². The zero-order valence-electron chi connectivity index (χ0n) is 19.1. The molecule has 0 aliphatic carbocycles. The van der Waals surface area contributed by atoms with Gasteiger partial charge in [-0.3, -0.25) is 4.79 Å². The third kappa shape index (κ3) is 7.10. The topological polar surface area (TPSA) is 37.3 Å². The number of hydrogen-bond donors (Lipinski definition) is 1. The quantitative estimate of drug-likeness (QED) is 0.331. The third-order valence-electron chi connectivity index (χ3n) is 5.10. The van der Waals surface area contributed by atoms with Crippen molar-refractivity contribution in [2.45, 2.75) is 25.7 Å². The Morgan fingerprint density at radius 1 is 0.606 bits per heavy atom. The molecule has 1 N–H and O–H groups in total. The fourth-order valence-corrected chi connectivity index (χ4v) is 11.0. The monoisotopic (exact) mass is 472 g/mol. The summed E-state index contributed by atoms with van der Waals surface area (Å²) in [6.07, 6.45) is 1.16. The molecule has 0 bridgehead atoms. The number of carboxylic acid groups (broad SMARTS) is 1. The lowest BCUT2D eigenvalue weighted by Crippen LogP contribution is -2.27. The molecule has 4 heteroatoms. The van der Waals surface area contributed by atoms with Crippen LogP contribution in [0.25, 0.3) is 0 Å². The van der Waals surface area contributed by atoms with Crippen LogP contribution in [0.4, 0.5) is 0 Å². The van der Waals surface area contributed by atoms with Gasteiger partial charge in [0.05, 0.1) is 0 Å². The lowest BCUT2D eigenvalue weighted by Gasteiger charge is -2.35. The van der Waals surface area contributed by atoms with Crippen molar-refractivity contribution >= 4 is 43.0 Å². The smallest absolute Gasteiger partial charge is 0.300 e. The van der Waals surface area contributed by atoms with Gasteiger partial charge in [-0.25, -0.2) is 0 Å². The van der Waals surface area contributed by atoms with Crippen molar-refractivity contribution in [3.05, 3.63) is 121 Å². The Morgan fingerprint density at radius 2 is 0.818 bits per heavy atom. The van der Waals surface area contributed by atoms with Gasteiger partial charge in [-0.1, -0.05) is 128 Å². The van der Waals surface area contributed by atoms with E-state index in [-0.39, 0.29) is 0 Å². The molecule has 4 aromatic carbocycles. The second-order valence-electron chi connectivity index (χ2n) is 7.49. The Bertz CT molecular complexity index is 922. The van der Waals surface area contributed by atoms with Crippen LogP contribution in [0, 0.1) is 0 Å². The number of benzene rings is 4. The molecule has 2 nitrogen and oxygen atoms in total. The predicted molar refractivity (Wildman–Crippen MR) is 146 cm³/mol. The molecule has 168 valence electrons. The van der Waals surface area contributed by atoms with Crippen molar-refractivity contribution in [2.24, 2.45) is 0 Å². The Kier molecular flexibility index (Phi) is 9.82. The van der Waals surface area contributed by atoms with Gasteiger partial charge in [0.2, 0.25) is 0 Å². The van der Waals surface area contributed by atoms with Crippen molar-refractivity contribution in [1.29, 1.82) is 0 Å². The first-order valence-corrected chi connectivity index (χ1v) is 13.9. The first-order valence-electron chi connectivity index (χ1n) is 11.1. The second-order valence-corrected chi connectivity index (χ2v) is 12.7. The molecule has 33 heavy (non-hydrogen) atoms. The highest BCUT2D eigenvalue weighted by Gasteiger charge is 2.32. The molecule has 0 saturated carbocycles. The number of carbonyl (C=O) groups is 1. The molecule has 0 amide bonds. The molecule has 0 unspecified atom stereocenters. The molecule has 0 aliphatic heterocycles. The standard InChI is InChI=1S/C27H26P2.C2H4O2/c1-2-27(28(23-15-7-3-8-16-23)24-17-9-4-10-18-24)29(25-19-11-5-12-20-25)26-21-13-6-14-22-26;1-2(3)4/h3-22,27H,2H2,1H3;1H3,(H,3,4).